The maximum absolute atomic E-state index is 13.1. The number of aromatic amines is 1. The van der Waals surface area contributed by atoms with Crippen LogP contribution in [0.15, 0.2) is 30.3 Å². The second-order valence-corrected chi connectivity index (χ2v) is 6.17. The van der Waals surface area contributed by atoms with Gasteiger partial charge in [-0.2, -0.15) is 5.10 Å². The fourth-order valence-corrected chi connectivity index (χ4v) is 2.49. The van der Waals surface area contributed by atoms with Gasteiger partial charge in [-0.05, 0) is 36.1 Å². The summed E-state index contributed by atoms with van der Waals surface area (Å²) in [5.41, 5.74) is 2.01. The maximum Gasteiger partial charge on any atom is 0.274 e. The van der Waals surface area contributed by atoms with Gasteiger partial charge in [-0.1, -0.05) is 32.9 Å². The number of carbonyl (C=O) groups excluding carboxylic acids is 1. The lowest BCUT2D eigenvalue weighted by Gasteiger charge is -2.29. The molecule has 24 heavy (non-hydrogen) atoms. The summed E-state index contributed by atoms with van der Waals surface area (Å²) < 4.78 is 13.1. The van der Waals surface area contributed by atoms with Crippen molar-refractivity contribution in [3.8, 4) is 0 Å². The van der Waals surface area contributed by atoms with Gasteiger partial charge >= 0.3 is 0 Å². The first-order valence-corrected chi connectivity index (χ1v) is 8.17. The number of nitrogens with zero attached hydrogens (tertiary/aromatic N) is 2. The molecule has 5 nitrogen and oxygen atoms in total. The summed E-state index contributed by atoms with van der Waals surface area (Å²) in [5.74, 6) is -0.326. The van der Waals surface area contributed by atoms with E-state index in [4.69, 9.17) is 0 Å². The minimum atomic E-state index is -0.320. The van der Waals surface area contributed by atoms with Gasteiger partial charge in [-0.25, -0.2) is 4.39 Å². The van der Waals surface area contributed by atoms with Crippen LogP contribution in [0.25, 0.3) is 0 Å². The Labute approximate surface area is 141 Å². The first-order valence-electron chi connectivity index (χ1n) is 8.17. The molecule has 1 aromatic heterocycles. The van der Waals surface area contributed by atoms with E-state index in [1.807, 2.05) is 20.8 Å². The molecule has 6 heteroatoms. The monoisotopic (exact) mass is 333 g/mol. The van der Waals surface area contributed by atoms with Crippen molar-refractivity contribution in [3.63, 3.8) is 0 Å². The summed E-state index contributed by atoms with van der Waals surface area (Å²) in [5, 5.41) is 16.6. The molecule has 1 aromatic carbocycles. The molecule has 1 heterocycles. The molecule has 0 radical (unpaired) electrons. The highest BCUT2D eigenvalue weighted by Gasteiger charge is 2.25. The van der Waals surface area contributed by atoms with Crippen LogP contribution in [0.3, 0.4) is 0 Å². The molecule has 2 aromatic rings. The second kappa shape index (κ2) is 8.06. The van der Waals surface area contributed by atoms with E-state index in [0.717, 1.165) is 11.3 Å². The summed E-state index contributed by atoms with van der Waals surface area (Å²) >= 11 is 0. The minimum absolute atomic E-state index is 0.134. The Morgan fingerprint density at radius 2 is 2.00 bits per heavy atom. The van der Waals surface area contributed by atoms with Crippen LogP contribution in [0.4, 0.5) is 4.39 Å². The fraction of sp³-hybridized carbons (Fsp3) is 0.444. The predicted molar refractivity (Wildman–Crippen MR) is 90.1 cm³/mol. The molecule has 2 rings (SSSR count). The molecule has 0 spiro atoms. The number of nitrogens with one attached hydrogen (secondary N) is 1. The van der Waals surface area contributed by atoms with Gasteiger partial charge in [0.1, 0.15) is 11.5 Å². The van der Waals surface area contributed by atoms with Crippen molar-refractivity contribution in [2.75, 3.05) is 6.61 Å². The zero-order chi connectivity index (χ0) is 17.7. The van der Waals surface area contributed by atoms with E-state index >= 15 is 0 Å². The molecular formula is C18H24FN3O2. The summed E-state index contributed by atoms with van der Waals surface area (Å²) in [7, 11) is 0. The number of hydrogen-bond acceptors (Lipinski definition) is 3. The molecule has 0 aliphatic heterocycles. The van der Waals surface area contributed by atoms with Crippen molar-refractivity contribution in [1.82, 2.24) is 15.1 Å². The van der Waals surface area contributed by atoms with Crippen LogP contribution < -0.4 is 0 Å². The lowest BCUT2D eigenvalue weighted by Crippen LogP contribution is -2.41. The Balaban J connectivity index is 2.26. The maximum atomic E-state index is 13.1. The number of amides is 1. The Hall–Kier alpha value is -2.21. The van der Waals surface area contributed by atoms with Gasteiger partial charge in [0, 0.05) is 12.2 Å². The SMILES string of the molecule is CC[C@H](CO)N(Cc1ccc(F)cc1)C(=O)c1cc(C(C)C)[nH]n1. The van der Waals surface area contributed by atoms with E-state index < -0.39 is 0 Å². The van der Waals surface area contributed by atoms with Crippen molar-refractivity contribution < 1.29 is 14.3 Å². The molecule has 1 atom stereocenters. The average molecular weight is 333 g/mol. The Morgan fingerprint density at radius 3 is 2.50 bits per heavy atom. The fourth-order valence-electron chi connectivity index (χ4n) is 2.49. The quantitative estimate of drug-likeness (QED) is 0.818. The molecule has 2 N–H and O–H groups in total. The smallest absolute Gasteiger partial charge is 0.274 e. The van der Waals surface area contributed by atoms with Gasteiger partial charge in [0.2, 0.25) is 0 Å². The van der Waals surface area contributed by atoms with E-state index in [0.29, 0.717) is 18.7 Å². The number of benzene rings is 1. The van der Waals surface area contributed by atoms with Crippen molar-refractivity contribution in [1.29, 1.82) is 0 Å². The molecule has 0 saturated carbocycles. The third kappa shape index (κ3) is 4.20. The number of halogens is 1. The number of rotatable bonds is 7. The van der Waals surface area contributed by atoms with Crippen LogP contribution in [-0.2, 0) is 6.54 Å². The van der Waals surface area contributed by atoms with E-state index in [2.05, 4.69) is 10.2 Å². The molecule has 0 bridgehead atoms. The standard InChI is InChI=1S/C18H24FN3O2/c1-4-15(11-23)22(10-13-5-7-14(19)8-6-13)18(24)17-9-16(12(2)3)20-21-17/h5-9,12,15,23H,4,10-11H2,1-3H3,(H,20,21)/t15-/m1/s1. The molecular weight excluding hydrogens is 309 g/mol. The number of aromatic nitrogens is 2. The van der Waals surface area contributed by atoms with Gasteiger partial charge < -0.3 is 10.0 Å². The van der Waals surface area contributed by atoms with E-state index in [1.165, 1.54) is 12.1 Å². The zero-order valence-electron chi connectivity index (χ0n) is 14.3. The van der Waals surface area contributed by atoms with Crippen molar-refractivity contribution >= 4 is 5.91 Å². The van der Waals surface area contributed by atoms with Gasteiger partial charge in [0.25, 0.3) is 5.91 Å². The van der Waals surface area contributed by atoms with E-state index in [1.54, 1.807) is 23.1 Å². The summed E-state index contributed by atoms with van der Waals surface area (Å²) in [6.45, 7) is 6.10. The van der Waals surface area contributed by atoms with Crippen LogP contribution in [0, 0.1) is 5.82 Å². The first-order chi connectivity index (χ1) is 11.5. The number of hydrogen-bond donors (Lipinski definition) is 2. The van der Waals surface area contributed by atoms with Crippen LogP contribution in [0.5, 0.6) is 0 Å². The van der Waals surface area contributed by atoms with Gasteiger partial charge in [0.05, 0.1) is 12.6 Å². The van der Waals surface area contributed by atoms with E-state index in [-0.39, 0.29) is 30.3 Å². The molecule has 130 valence electrons. The van der Waals surface area contributed by atoms with Crippen LogP contribution in [-0.4, -0.2) is 38.8 Å². The molecule has 0 unspecified atom stereocenters. The van der Waals surface area contributed by atoms with Crippen LogP contribution >= 0.6 is 0 Å². The molecule has 0 aliphatic rings. The average Bonchev–Trinajstić information content (AvgIpc) is 3.06. The third-order valence-electron chi connectivity index (χ3n) is 4.09. The van der Waals surface area contributed by atoms with Gasteiger partial charge in [0.15, 0.2) is 0 Å². The third-order valence-corrected chi connectivity index (χ3v) is 4.09. The van der Waals surface area contributed by atoms with Crippen LogP contribution in [0.2, 0.25) is 0 Å². The normalized spacial score (nSPS) is 12.4. The summed E-state index contributed by atoms with van der Waals surface area (Å²) in [4.78, 5) is 14.5. The largest absolute Gasteiger partial charge is 0.394 e. The summed E-state index contributed by atoms with van der Waals surface area (Å²) in [6.07, 6.45) is 0.616. The highest BCUT2D eigenvalue weighted by molar-refractivity contribution is 5.92. The second-order valence-electron chi connectivity index (χ2n) is 6.17. The molecule has 0 saturated heterocycles. The number of carbonyl (C=O) groups is 1. The van der Waals surface area contributed by atoms with Crippen LogP contribution in [0.1, 0.15) is 54.9 Å². The Bertz CT molecular complexity index is 663. The van der Waals surface area contributed by atoms with Gasteiger partial charge in [-0.15, -0.1) is 0 Å². The predicted octanol–water partition coefficient (Wildman–Crippen LogP) is 3.09. The topological polar surface area (TPSA) is 69.2 Å². The van der Waals surface area contributed by atoms with Crippen molar-refractivity contribution in [2.45, 2.75) is 45.7 Å². The van der Waals surface area contributed by atoms with Crippen molar-refractivity contribution in [3.05, 3.63) is 53.1 Å². The number of aliphatic hydroxyl groups excluding tert-OH is 1. The molecule has 1 amide bonds. The Morgan fingerprint density at radius 1 is 1.33 bits per heavy atom. The molecule has 0 fully saturated rings. The lowest BCUT2D eigenvalue weighted by molar-refractivity contribution is 0.0558. The number of H-pyrrole nitrogens is 1. The van der Waals surface area contributed by atoms with Crippen molar-refractivity contribution in [2.24, 2.45) is 0 Å². The number of aliphatic hydroxyl groups is 1. The lowest BCUT2D eigenvalue weighted by atomic mass is 10.1. The highest BCUT2D eigenvalue weighted by Crippen LogP contribution is 2.18. The molecule has 0 aliphatic carbocycles. The van der Waals surface area contributed by atoms with E-state index in [9.17, 15) is 14.3 Å². The zero-order valence-corrected chi connectivity index (χ0v) is 14.3. The summed E-state index contributed by atoms with van der Waals surface area (Å²) in [6, 6.07) is 7.44. The first kappa shape index (κ1) is 18.1. The Kier molecular flexibility index (Phi) is 6.09. The highest BCUT2D eigenvalue weighted by atomic mass is 19.1. The minimum Gasteiger partial charge on any atom is -0.394 e. The van der Waals surface area contributed by atoms with Gasteiger partial charge in [-0.3, -0.25) is 9.89 Å².